The molecular formula is C15H24N2O4. The Hall–Kier alpha value is -1.95. The normalized spacial score (nSPS) is 12.0. The van der Waals surface area contributed by atoms with E-state index in [9.17, 15) is 4.79 Å². The van der Waals surface area contributed by atoms with E-state index in [0.717, 1.165) is 0 Å². The van der Waals surface area contributed by atoms with E-state index >= 15 is 0 Å². The lowest BCUT2D eigenvalue weighted by Gasteiger charge is -2.17. The first-order valence-corrected chi connectivity index (χ1v) is 6.79. The molecule has 0 bridgehead atoms. The highest BCUT2D eigenvalue weighted by atomic mass is 16.5. The Morgan fingerprint density at radius 1 is 1.14 bits per heavy atom. The molecule has 1 rings (SSSR count). The lowest BCUT2D eigenvalue weighted by molar-refractivity contribution is -0.117. The highest BCUT2D eigenvalue weighted by Crippen LogP contribution is 2.39. The van der Waals surface area contributed by atoms with Crippen molar-refractivity contribution in [2.24, 2.45) is 11.7 Å². The van der Waals surface area contributed by atoms with E-state index in [2.05, 4.69) is 5.32 Å². The second-order valence-electron chi connectivity index (χ2n) is 5.14. The largest absolute Gasteiger partial charge is 0.493 e. The van der Waals surface area contributed by atoms with E-state index in [0.29, 0.717) is 35.3 Å². The third-order valence-electron chi connectivity index (χ3n) is 2.99. The van der Waals surface area contributed by atoms with E-state index in [-0.39, 0.29) is 5.91 Å². The van der Waals surface area contributed by atoms with Crippen molar-refractivity contribution in [2.75, 3.05) is 26.6 Å². The first-order chi connectivity index (χ1) is 9.92. The monoisotopic (exact) mass is 296 g/mol. The molecule has 1 unspecified atom stereocenters. The van der Waals surface area contributed by atoms with Gasteiger partial charge in [0.15, 0.2) is 11.5 Å². The van der Waals surface area contributed by atoms with Crippen LogP contribution in [0.4, 0.5) is 5.69 Å². The van der Waals surface area contributed by atoms with E-state index in [4.69, 9.17) is 19.9 Å². The molecule has 1 aromatic rings. The molecule has 21 heavy (non-hydrogen) atoms. The molecular weight excluding hydrogens is 272 g/mol. The number of carbonyl (C=O) groups is 1. The van der Waals surface area contributed by atoms with Crippen molar-refractivity contribution in [3.63, 3.8) is 0 Å². The van der Waals surface area contributed by atoms with Crippen LogP contribution in [0.5, 0.6) is 17.2 Å². The Morgan fingerprint density at radius 3 is 2.05 bits per heavy atom. The molecule has 1 atom stereocenters. The van der Waals surface area contributed by atoms with Gasteiger partial charge >= 0.3 is 0 Å². The summed E-state index contributed by atoms with van der Waals surface area (Å²) in [5.74, 6) is 1.54. The maximum atomic E-state index is 12.1. The first kappa shape index (κ1) is 17.1. The molecule has 6 nitrogen and oxygen atoms in total. The predicted octanol–water partition coefficient (Wildman–Crippen LogP) is 2.02. The number of ether oxygens (including phenoxy) is 3. The van der Waals surface area contributed by atoms with Crippen molar-refractivity contribution in [2.45, 2.75) is 26.3 Å². The summed E-state index contributed by atoms with van der Waals surface area (Å²) in [5.41, 5.74) is 6.41. The number of carbonyl (C=O) groups excluding carboxylic acids is 1. The molecule has 1 amide bonds. The number of nitrogens with two attached hydrogens (primary N) is 1. The number of methoxy groups -OCH3 is 3. The van der Waals surface area contributed by atoms with Gasteiger partial charge in [-0.05, 0) is 12.3 Å². The molecule has 118 valence electrons. The molecule has 0 aliphatic heterocycles. The van der Waals surface area contributed by atoms with Crippen molar-refractivity contribution >= 4 is 11.6 Å². The Labute approximate surface area is 125 Å². The highest BCUT2D eigenvalue weighted by molar-refractivity contribution is 5.95. The van der Waals surface area contributed by atoms with E-state index in [1.165, 1.54) is 21.3 Å². The van der Waals surface area contributed by atoms with Crippen LogP contribution in [0.15, 0.2) is 12.1 Å². The fraction of sp³-hybridized carbons (Fsp3) is 0.533. The minimum Gasteiger partial charge on any atom is -0.493 e. The Morgan fingerprint density at radius 2 is 1.67 bits per heavy atom. The summed E-state index contributed by atoms with van der Waals surface area (Å²) in [6.07, 6.45) is 0.621. The van der Waals surface area contributed by atoms with Gasteiger partial charge < -0.3 is 25.3 Å². The minimum atomic E-state index is -0.552. The Balaban J connectivity index is 2.96. The van der Waals surface area contributed by atoms with Gasteiger partial charge in [0.05, 0.1) is 27.4 Å². The van der Waals surface area contributed by atoms with Crippen LogP contribution in [0.3, 0.4) is 0 Å². The third-order valence-corrected chi connectivity index (χ3v) is 2.99. The molecule has 0 radical (unpaired) electrons. The first-order valence-electron chi connectivity index (χ1n) is 6.79. The summed E-state index contributed by atoms with van der Waals surface area (Å²) in [4.78, 5) is 12.1. The van der Waals surface area contributed by atoms with Crippen molar-refractivity contribution in [1.29, 1.82) is 0 Å². The summed E-state index contributed by atoms with van der Waals surface area (Å²) < 4.78 is 15.7. The fourth-order valence-electron chi connectivity index (χ4n) is 2.00. The molecule has 0 saturated heterocycles. The zero-order chi connectivity index (χ0) is 16.0. The lowest BCUT2D eigenvalue weighted by atomic mass is 10.0. The van der Waals surface area contributed by atoms with E-state index in [1.807, 2.05) is 13.8 Å². The fourth-order valence-corrected chi connectivity index (χ4v) is 2.00. The van der Waals surface area contributed by atoms with Gasteiger partial charge in [-0.3, -0.25) is 4.79 Å². The second-order valence-corrected chi connectivity index (χ2v) is 5.14. The van der Waals surface area contributed by atoms with Crippen LogP contribution in [0.25, 0.3) is 0 Å². The summed E-state index contributed by atoms with van der Waals surface area (Å²) in [5, 5.41) is 2.77. The smallest absolute Gasteiger partial charge is 0.241 e. The minimum absolute atomic E-state index is 0.238. The predicted molar refractivity (Wildman–Crippen MR) is 82.2 cm³/mol. The summed E-state index contributed by atoms with van der Waals surface area (Å²) in [6.45, 7) is 4.04. The van der Waals surface area contributed by atoms with Crippen LogP contribution in [-0.2, 0) is 4.79 Å². The molecule has 1 aromatic carbocycles. The number of rotatable bonds is 7. The summed E-state index contributed by atoms with van der Waals surface area (Å²) in [7, 11) is 4.57. The maximum Gasteiger partial charge on any atom is 0.241 e. The molecule has 0 aliphatic rings. The van der Waals surface area contributed by atoms with Crippen LogP contribution in [-0.4, -0.2) is 33.3 Å². The molecule has 0 aromatic heterocycles. The number of benzene rings is 1. The van der Waals surface area contributed by atoms with Gasteiger partial charge in [-0.15, -0.1) is 0 Å². The SMILES string of the molecule is COc1cc(NC(=O)C(N)CC(C)C)cc(OC)c1OC. The van der Waals surface area contributed by atoms with Crippen molar-refractivity contribution in [1.82, 2.24) is 0 Å². The van der Waals surface area contributed by atoms with Crippen molar-refractivity contribution in [3.8, 4) is 17.2 Å². The molecule has 0 saturated carbocycles. The molecule has 0 aliphatic carbocycles. The van der Waals surface area contributed by atoms with Crippen molar-refractivity contribution < 1.29 is 19.0 Å². The van der Waals surface area contributed by atoms with E-state index < -0.39 is 6.04 Å². The van der Waals surface area contributed by atoms with Gasteiger partial charge in [0.25, 0.3) is 0 Å². The average molecular weight is 296 g/mol. The Bertz CT molecular complexity index is 464. The van der Waals surface area contributed by atoms with E-state index in [1.54, 1.807) is 12.1 Å². The van der Waals surface area contributed by atoms with Crippen LogP contribution in [0.2, 0.25) is 0 Å². The van der Waals surface area contributed by atoms with Crippen molar-refractivity contribution in [3.05, 3.63) is 12.1 Å². The topological polar surface area (TPSA) is 82.8 Å². The molecule has 0 spiro atoms. The average Bonchev–Trinajstić information content (AvgIpc) is 2.45. The number of nitrogens with one attached hydrogen (secondary N) is 1. The molecule has 6 heteroatoms. The summed E-state index contributed by atoms with van der Waals surface area (Å²) in [6, 6.07) is 2.78. The summed E-state index contributed by atoms with van der Waals surface area (Å²) >= 11 is 0. The number of anilines is 1. The molecule has 0 fully saturated rings. The lowest BCUT2D eigenvalue weighted by Crippen LogP contribution is -2.36. The number of amides is 1. The van der Waals surface area contributed by atoms with Gasteiger partial charge in [0, 0.05) is 17.8 Å². The number of hydrogen-bond donors (Lipinski definition) is 2. The van der Waals surface area contributed by atoms with Gasteiger partial charge in [-0.2, -0.15) is 0 Å². The molecule has 0 heterocycles. The maximum absolute atomic E-state index is 12.1. The zero-order valence-electron chi connectivity index (χ0n) is 13.2. The second kappa shape index (κ2) is 7.73. The number of hydrogen-bond acceptors (Lipinski definition) is 5. The van der Waals surface area contributed by atoms with Crippen LogP contribution in [0, 0.1) is 5.92 Å². The standard InChI is InChI=1S/C15H24N2O4/c1-9(2)6-11(16)15(18)17-10-7-12(19-3)14(21-5)13(8-10)20-4/h7-9,11H,6,16H2,1-5H3,(H,17,18). The molecule has 3 N–H and O–H groups in total. The van der Waals surface area contributed by atoms with Crippen LogP contribution >= 0.6 is 0 Å². The zero-order valence-corrected chi connectivity index (χ0v) is 13.2. The van der Waals surface area contributed by atoms with Gasteiger partial charge in [-0.25, -0.2) is 0 Å². The van der Waals surface area contributed by atoms with Crippen LogP contribution < -0.4 is 25.3 Å². The quantitative estimate of drug-likeness (QED) is 0.804. The third kappa shape index (κ3) is 4.53. The highest BCUT2D eigenvalue weighted by Gasteiger charge is 2.18. The van der Waals surface area contributed by atoms with Gasteiger partial charge in [-0.1, -0.05) is 13.8 Å². The van der Waals surface area contributed by atoms with Gasteiger partial charge in [0.2, 0.25) is 11.7 Å². The van der Waals surface area contributed by atoms with Crippen LogP contribution in [0.1, 0.15) is 20.3 Å². The Kier molecular flexibility index (Phi) is 6.30. The van der Waals surface area contributed by atoms with Gasteiger partial charge in [0.1, 0.15) is 0 Å².